The Balaban J connectivity index is 1.48. The van der Waals surface area contributed by atoms with Gasteiger partial charge in [0.2, 0.25) is 0 Å². The van der Waals surface area contributed by atoms with Gasteiger partial charge in [-0.15, -0.1) is 23.1 Å². The molecule has 0 spiro atoms. The van der Waals surface area contributed by atoms with Gasteiger partial charge in [-0.2, -0.15) is 0 Å². The molecule has 1 aromatic heterocycles. The van der Waals surface area contributed by atoms with E-state index >= 15 is 0 Å². The number of thioether (sulfide) groups is 1. The zero-order valence-electron chi connectivity index (χ0n) is 19.1. The first-order valence-electron chi connectivity index (χ1n) is 11.5. The van der Waals surface area contributed by atoms with Crippen molar-refractivity contribution in [3.05, 3.63) is 81.7 Å². The van der Waals surface area contributed by atoms with Gasteiger partial charge in [-0.05, 0) is 41.2 Å². The van der Waals surface area contributed by atoms with Crippen molar-refractivity contribution in [3.8, 4) is 5.75 Å². The van der Waals surface area contributed by atoms with E-state index in [9.17, 15) is 9.59 Å². The molecule has 0 radical (unpaired) electrons. The zero-order chi connectivity index (χ0) is 23.5. The molecule has 1 aliphatic carbocycles. The summed E-state index contributed by atoms with van der Waals surface area (Å²) in [4.78, 5) is 29.6. The van der Waals surface area contributed by atoms with E-state index in [2.05, 4.69) is 12.1 Å². The van der Waals surface area contributed by atoms with Gasteiger partial charge in [0.25, 0.3) is 5.91 Å². The minimum Gasteiger partial charge on any atom is -0.497 e. The first-order chi connectivity index (χ1) is 16.6. The number of nitrogens with zero attached hydrogens (tertiary/aromatic N) is 1. The van der Waals surface area contributed by atoms with Gasteiger partial charge in [0.15, 0.2) is 5.78 Å². The number of thiophene rings is 1. The smallest absolute Gasteiger partial charge is 0.264 e. The number of hydrogen-bond acceptors (Lipinski definition) is 6. The van der Waals surface area contributed by atoms with Crippen LogP contribution in [0.15, 0.2) is 58.8 Å². The molecule has 5 nitrogen and oxygen atoms in total. The van der Waals surface area contributed by atoms with Gasteiger partial charge in [0.05, 0.1) is 29.4 Å². The predicted octanol–water partition coefficient (Wildman–Crippen LogP) is 5.43. The number of amides is 1. The molecule has 0 N–H and O–H groups in total. The van der Waals surface area contributed by atoms with E-state index in [0.717, 1.165) is 37.3 Å². The van der Waals surface area contributed by atoms with Gasteiger partial charge >= 0.3 is 0 Å². The zero-order valence-corrected chi connectivity index (χ0v) is 20.8. The highest BCUT2D eigenvalue weighted by atomic mass is 32.2. The van der Waals surface area contributed by atoms with Gasteiger partial charge in [0, 0.05) is 30.8 Å². The standard InChI is InChI=1S/C27H27NO4S2/c1-31-21-9-7-19(8-10-21)20-15-22-24(23(29)16-20)27(33-17-18-5-3-2-4-6-18)34-25(22)26(30)28-11-13-32-14-12-28/h2-10,20H,11-17H2,1H3. The number of benzene rings is 2. The minimum atomic E-state index is 0.0271. The summed E-state index contributed by atoms with van der Waals surface area (Å²) in [7, 11) is 1.65. The van der Waals surface area contributed by atoms with E-state index in [-0.39, 0.29) is 17.6 Å². The van der Waals surface area contributed by atoms with E-state index in [4.69, 9.17) is 9.47 Å². The number of carbonyl (C=O) groups excluding carboxylic acids is 2. The molecule has 1 saturated heterocycles. The van der Waals surface area contributed by atoms with E-state index in [1.165, 1.54) is 16.9 Å². The summed E-state index contributed by atoms with van der Waals surface area (Å²) in [6.07, 6.45) is 1.15. The number of methoxy groups -OCH3 is 1. The summed E-state index contributed by atoms with van der Waals surface area (Å²) in [5, 5.41) is 0. The number of ether oxygens (including phenoxy) is 2. The minimum absolute atomic E-state index is 0.0271. The fourth-order valence-electron chi connectivity index (χ4n) is 4.58. The third-order valence-electron chi connectivity index (χ3n) is 6.43. The van der Waals surface area contributed by atoms with Crippen molar-refractivity contribution in [1.82, 2.24) is 4.90 Å². The largest absolute Gasteiger partial charge is 0.497 e. The van der Waals surface area contributed by atoms with Crippen molar-refractivity contribution >= 4 is 34.8 Å². The summed E-state index contributed by atoms with van der Waals surface area (Å²) in [5.41, 5.74) is 4.01. The lowest BCUT2D eigenvalue weighted by Crippen LogP contribution is -2.40. The Morgan fingerprint density at radius 2 is 1.82 bits per heavy atom. The highest BCUT2D eigenvalue weighted by Gasteiger charge is 2.36. The molecule has 176 valence electrons. The Morgan fingerprint density at radius 3 is 2.53 bits per heavy atom. The fourth-order valence-corrected chi connectivity index (χ4v) is 7.17. The summed E-state index contributed by atoms with van der Waals surface area (Å²) < 4.78 is 11.7. The number of ketones is 1. The third kappa shape index (κ3) is 4.78. The van der Waals surface area contributed by atoms with E-state index in [1.54, 1.807) is 18.9 Å². The molecule has 1 fully saturated rings. The van der Waals surface area contributed by atoms with E-state index < -0.39 is 0 Å². The SMILES string of the molecule is COc1ccc(C2CC(=O)c3c(SCc4ccccc4)sc(C(=O)N4CCOCC4)c3C2)cc1. The molecule has 2 aliphatic rings. The molecule has 1 unspecified atom stereocenters. The quantitative estimate of drug-likeness (QED) is 0.429. The van der Waals surface area contributed by atoms with Crippen LogP contribution in [0.5, 0.6) is 5.75 Å². The molecule has 7 heteroatoms. The summed E-state index contributed by atoms with van der Waals surface area (Å²) in [6.45, 7) is 2.30. The molecule has 3 aromatic rings. The van der Waals surface area contributed by atoms with Crippen LogP contribution < -0.4 is 4.74 Å². The third-order valence-corrected chi connectivity index (χ3v) is 8.99. The van der Waals surface area contributed by atoms with Crippen LogP contribution in [0, 0.1) is 0 Å². The van der Waals surface area contributed by atoms with Gasteiger partial charge in [-0.25, -0.2) is 0 Å². The second-order valence-electron chi connectivity index (χ2n) is 8.55. The molecule has 34 heavy (non-hydrogen) atoms. The Hall–Kier alpha value is -2.61. The van der Waals surface area contributed by atoms with Crippen molar-refractivity contribution in [3.63, 3.8) is 0 Å². The second kappa shape index (κ2) is 10.3. The first-order valence-corrected chi connectivity index (χ1v) is 13.3. The van der Waals surface area contributed by atoms with E-state index in [0.29, 0.717) is 39.1 Å². The molecule has 1 aliphatic heterocycles. The Morgan fingerprint density at radius 1 is 1.09 bits per heavy atom. The maximum absolute atomic E-state index is 13.5. The maximum atomic E-state index is 13.5. The van der Waals surface area contributed by atoms with Gasteiger partial charge < -0.3 is 14.4 Å². The molecule has 0 bridgehead atoms. The van der Waals surface area contributed by atoms with Crippen LogP contribution in [-0.4, -0.2) is 50.0 Å². The summed E-state index contributed by atoms with van der Waals surface area (Å²) >= 11 is 3.16. The van der Waals surface area contributed by atoms with Gasteiger partial charge in [-0.1, -0.05) is 42.5 Å². The number of fused-ring (bicyclic) bond motifs is 1. The van der Waals surface area contributed by atoms with Crippen molar-refractivity contribution < 1.29 is 19.1 Å². The number of rotatable bonds is 6. The molecular weight excluding hydrogens is 466 g/mol. The van der Waals surface area contributed by atoms with Crippen LogP contribution in [0.25, 0.3) is 0 Å². The number of morpholine rings is 1. The molecule has 5 rings (SSSR count). The first kappa shape index (κ1) is 23.1. The Kier molecular flexibility index (Phi) is 7.04. The molecule has 2 heterocycles. The lowest BCUT2D eigenvalue weighted by Gasteiger charge is -2.28. The summed E-state index contributed by atoms with van der Waals surface area (Å²) in [6, 6.07) is 18.2. The highest BCUT2D eigenvalue weighted by Crippen LogP contribution is 2.45. The second-order valence-corrected chi connectivity index (χ2v) is 10.8. The average Bonchev–Trinajstić information content (AvgIpc) is 3.27. The lowest BCUT2D eigenvalue weighted by molar-refractivity contribution is 0.0305. The average molecular weight is 494 g/mol. The van der Waals surface area contributed by atoms with Crippen LogP contribution in [0.3, 0.4) is 0 Å². The summed E-state index contributed by atoms with van der Waals surface area (Å²) in [5.74, 6) is 1.79. The van der Waals surface area contributed by atoms with Crippen molar-refractivity contribution in [2.45, 2.75) is 28.7 Å². The normalized spacial score (nSPS) is 18.0. The molecule has 1 amide bonds. The van der Waals surface area contributed by atoms with Crippen molar-refractivity contribution in [1.29, 1.82) is 0 Å². The molecular formula is C27H27NO4S2. The lowest BCUT2D eigenvalue weighted by atomic mass is 9.80. The van der Waals surface area contributed by atoms with Crippen LogP contribution in [0.4, 0.5) is 0 Å². The highest BCUT2D eigenvalue weighted by molar-refractivity contribution is 8.00. The molecule has 1 atom stereocenters. The topological polar surface area (TPSA) is 55.8 Å². The Labute approximate surface area is 208 Å². The molecule has 2 aromatic carbocycles. The fraction of sp³-hybridized carbons (Fsp3) is 0.333. The number of carbonyl (C=O) groups is 2. The van der Waals surface area contributed by atoms with Crippen LogP contribution in [-0.2, 0) is 16.9 Å². The van der Waals surface area contributed by atoms with Gasteiger partial charge in [0.1, 0.15) is 5.75 Å². The maximum Gasteiger partial charge on any atom is 0.264 e. The number of Topliss-reactive ketones (excluding diaryl/α,β-unsaturated/α-hetero) is 1. The monoisotopic (exact) mass is 493 g/mol. The van der Waals surface area contributed by atoms with Gasteiger partial charge in [-0.3, -0.25) is 9.59 Å². The van der Waals surface area contributed by atoms with Crippen molar-refractivity contribution in [2.75, 3.05) is 33.4 Å². The Bertz CT molecular complexity index is 1170. The number of hydrogen-bond donors (Lipinski definition) is 0. The van der Waals surface area contributed by atoms with E-state index in [1.807, 2.05) is 47.4 Å². The molecule has 0 saturated carbocycles. The van der Waals surface area contributed by atoms with Crippen LogP contribution in [0.2, 0.25) is 0 Å². The van der Waals surface area contributed by atoms with Crippen molar-refractivity contribution in [2.24, 2.45) is 0 Å². The van der Waals surface area contributed by atoms with Crippen LogP contribution in [0.1, 0.15) is 49.1 Å². The predicted molar refractivity (Wildman–Crippen MR) is 135 cm³/mol. The van der Waals surface area contributed by atoms with Crippen LogP contribution >= 0.6 is 23.1 Å².